The maximum Gasteiger partial charge on any atom is 0.234 e. The van der Waals surface area contributed by atoms with Crippen molar-refractivity contribution in [3.8, 4) is 5.13 Å². The molecule has 0 spiro atoms. The van der Waals surface area contributed by atoms with Crippen molar-refractivity contribution < 1.29 is 0 Å². The first kappa shape index (κ1) is 9.22. The van der Waals surface area contributed by atoms with Gasteiger partial charge in [-0.15, -0.1) is 10.2 Å². The maximum absolute atomic E-state index is 4.03. The summed E-state index contributed by atoms with van der Waals surface area (Å²) in [5.41, 5.74) is 0. The highest BCUT2D eigenvalue weighted by atomic mass is 32.1. The van der Waals surface area contributed by atoms with Crippen LogP contribution >= 0.6 is 11.3 Å². The SMILES string of the molecule is CCNCc1nnc(-n2cncn2)s1. The molecule has 1 N–H and O–H groups in total. The van der Waals surface area contributed by atoms with Crippen molar-refractivity contribution in [3.05, 3.63) is 17.7 Å². The van der Waals surface area contributed by atoms with E-state index < -0.39 is 0 Å². The highest BCUT2D eigenvalue weighted by Crippen LogP contribution is 2.12. The number of hydrogen-bond acceptors (Lipinski definition) is 6. The van der Waals surface area contributed by atoms with Crippen LogP contribution in [-0.4, -0.2) is 31.5 Å². The van der Waals surface area contributed by atoms with E-state index in [4.69, 9.17) is 0 Å². The second kappa shape index (κ2) is 4.25. The monoisotopic (exact) mass is 210 g/mol. The molecule has 0 aliphatic carbocycles. The highest BCUT2D eigenvalue weighted by molar-refractivity contribution is 7.13. The average Bonchev–Trinajstić information content (AvgIpc) is 2.85. The number of rotatable bonds is 4. The largest absolute Gasteiger partial charge is 0.311 e. The zero-order chi connectivity index (χ0) is 9.80. The van der Waals surface area contributed by atoms with Gasteiger partial charge in [-0.25, -0.2) is 4.98 Å². The lowest BCUT2D eigenvalue weighted by molar-refractivity contribution is 0.713. The van der Waals surface area contributed by atoms with E-state index in [1.54, 1.807) is 11.0 Å². The quantitative estimate of drug-likeness (QED) is 0.782. The van der Waals surface area contributed by atoms with E-state index >= 15 is 0 Å². The van der Waals surface area contributed by atoms with Gasteiger partial charge in [0.15, 0.2) is 0 Å². The van der Waals surface area contributed by atoms with Gasteiger partial charge in [-0.2, -0.15) is 9.78 Å². The van der Waals surface area contributed by atoms with Crippen LogP contribution in [0.15, 0.2) is 12.7 Å². The summed E-state index contributed by atoms with van der Waals surface area (Å²) in [6, 6.07) is 0. The zero-order valence-electron chi connectivity index (χ0n) is 7.71. The van der Waals surface area contributed by atoms with Gasteiger partial charge in [-0.3, -0.25) is 0 Å². The molecule has 0 saturated carbocycles. The minimum Gasteiger partial charge on any atom is -0.311 e. The summed E-state index contributed by atoms with van der Waals surface area (Å²) in [4.78, 5) is 3.85. The minimum absolute atomic E-state index is 0.746. The molecule has 14 heavy (non-hydrogen) atoms. The van der Waals surface area contributed by atoms with Crippen LogP contribution in [0.25, 0.3) is 5.13 Å². The van der Waals surface area contributed by atoms with Crippen LogP contribution in [-0.2, 0) is 6.54 Å². The predicted octanol–water partition coefficient (Wildman–Crippen LogP) is 0.228. The summed E-state index contributed by atoms with van der Waals surface area (Å²) in [5, 5.41) is 16.9. The predicted molar refractivity (Wildman–Crippen MR) is 52.2 cm³/mol. The molecule has 0 saturated heterocycles. The van der Waals surface area contributed by atoms with Gasteiger partial charge in [0.1, 0.15) is 17.7 Å². The Labute approximate surface area is 85.0 Å². The van der Waals surface area contributed by atoms with Crippen LogP contribution in [0.4, 0.5) is 0 Å². The summed E-state index contributed by atoms with van der Waals surface area (Å²) in [5.74, 6) is 0. The molecule has 7 heteroatoms. The van der Waals surface area contributed by atoms with Crippen LogP contribution in [0.3, 0.4) is 0 Å². The Morgan fingerprint density at radius 1 is 1.50 bits per heavy atom. The number of nitrogens with one attached hydrogen (secondary N) is 1. The third-order valence-corrected chi connectivity index (χ3v) is 2.51. The van der Waals surface area contributed by atoms with Gasteiger partial charge >= 0.3 is 0 Å². The molecule has 6 nitrogen and oxygen atoms in total. The first-order valence-corrected chi connectivity index (χ1v) is 5.10. The van der Waals surface area contributed by atoms with Gasteiger partial charge in [0.25, 0.3) is 0 Å². The van der Waals surface area contributed by atoms with Crippen LogP contribution < -0.4 is 5.32 Å². The standard InChI is InChI=1S/C7H10N6S/c1-2-8-3-6-11-12-7(14-6)13-5-9-4-10-13/h4-5,8H,2-3H2,1H3. The van der Waals surface area contributed by atoms with Crippen LogP contribution in [0.5, 0.6) is 0 Å². The van der Waals surface area contributed by atoms with Crippen molar-refractivity contribution in [1.29, 1.82) is 0 Å². The molecular weight excluding hydrogens is 200 g/mol. The summed E-state index contributed by atoms with van der Waals surface area (Å²) in [6.45, 7) is 3.74. The fraction of sp³-hybridized carbons (Fsp3) is 0.429. The zero-order valence-corrected chi connectivity index (χ0v) is 8.53. The van der Waals surface area contributed by atoms with Crippen molar-refractivity contribution in [2.24, 2.45) is 0 Å². The lowest BCUT2D eigenvalue weighted by Crippen LogP contribution is -2.11. The van der Waals surface area contributed by atoms with Crippen molar-refractivity contribution >= 4 is 11.3 Å². The molecule has 0 radical (unpaired) electrons. The van der Waals surface area contributed by atoms with Crippen molar-refractivity contribution in [2.45, 2.75) is 13.5 Å². The lowest BCUT2D eigenvalue weighted by Gasteiger charge is -1.93. The van der Waals surface area contributed by atoms with Crippen molar-refractivity contribution in [2.75, 3.05) is 6.54 Å². The Morgan fingerprint density at radius 2 is 2.43 bits per heavy atom. The molecule has 0 unspecified atom stereocenters. The van der Waals surface area contributed by atoms with Gasteiger partial charge in [0.05, 0.1) is 0 Å². The summed E-state index contributed by atoms with van der Waals surface area (Å²) in [6.07, 6.45) is 3.09. The Hall–Kier alpha value is -1.34. The molecule has 2 heterocycles. The molecule has 0 aromatic carbocycles. The molecule has 0 aliphatic rings. The molecule has 0 amide bonds. The minimum atomic E-state index is 0.746. The van der Waals surface area contributed by atoms with E-state index in [1.165, 1.54) is 17.7 Å². The van der Waals surface area contributed by atoms with E-state index in [1.807, 2.05) is 0 Å². The van der Waals surface area contributed by atoms with E-state index in [9.17, 15) is 0 Å². The topological polar surface area (TPSA) is 68.5 Å². The first-order chi connectivity index (χ1) is 6.90. The van der Waals surface area contributed by atoms with Crippen molar-refractivity contribution in [1.82, 2.24) is 30.3 Å². The van der Waals surface area contributed by atoms with E-state index in [0.29, 0.717) is 0 Å². The molecule has 74 valence electrons. The molecule has 2 aromatic rings. The Kier molecular flexibility index (Phi) is 2.80. The second-order valence-electron chi connectivity index (χ2n) is 2.60. The van der Waals surface area contributed by atoms with Gasteiger partial charge in [0, 0.05) is 6.54 Å². The highest BCUT2D eigenvalue weighted by Gasteiger charge is 2.05. The van der Waals surface area contributed by atoms with E-state index in [-0.39, 0.29) is 0 Å². The third-order valence-electron chi connectivity index (χ3n) is 1.60. The molecule has 0 bridgehead atoms. The Bertz CT molecular complexity index is 381. The fourth-order valence-electron chi connectivity index (χ4n) is 0.948. The molecule has 0 aliphatic heterocycles. The first-order valence-electron chi connectivity index (χ1n) is 4.28. The molecule has 2 aromatic heterocycles. The second-order valence-corrected chi connectivity index (χ2v) is 3.64. The molecule has 0 atom stereocenters. The molecule has 2 rings (SSSR count). The van der Waals surface area contributed by atoms with E-state index in [2.05, 4.69) is 32.5 Å². The van der Waals surface area contributed by atoms with Gasteiger partial charge < -0.3 is 5.32 Å². The van der Waals surface area contributed by atoms with Gasteiger partial charge in [0.2, 0.25) is 5.13 Å². The van der Waals surface area contributed by atoms with Gasteiger partial charge in [-0.1, -0.05) is 18.3 Å². The average molecular weight is 210 g/mol. The summed E-state index contributed by atoms with van der Waals surface area (Å²) < 4.78 is 1.60. The number of nitrogens with zero attached hydrogens (tertiary/aromatic N) is 5. The van der Waals surface area contributed by atoms with E-state index in [0.717, 1.165) is 23.2 Å². The number of hydrogen-bond donors (Lipinski definition) is 1. The van der Waals surface area contributed by atoms with Crippen LogP contribution in [0, 0.1) is 0 Å². The normalized spacial score (nSPS) is 10.6. The molecule has 0 fully saturated rings. The summed E-state index contributed by atoms with van der Waals surface area (Å²) in [7, 11) is 0. The Morgan fingerprint density at radius 3 is 3.14 bits per heavy atom. The third kappa shape index (κ3) is 1.94. The smallest absolute Gasteiger partial charge is 0.234 e. The molecular formula is C7H10N6S. The number of aromatic nitrogens is 5. The van der Waals surface area contributed by atoms with Crippen molar-refractivity contribution in [3.63, 3.8) is 0 Å². The maximum atomic E-state index is 4.03. The van der Waals surface area contributed by atoms with Crippen LogP contribution in [0.1, 0.15) is 11.9 Å². The fourth-order valence-corrected chi connectivity index (χ4v) is 1.68. The van der Waals surface area contributed by atoms with Gasteiger partial charge in [-0.05, 0) is 6.54 Å². The Balaban J connectivity index is 2.10. The van der Waals surface area contributed by atoms with Crippen LogP contribution in [0.2, 0.25) is 0 Å². The summed E-state index contributed by atoms with van der Waals surface area (Å²) >= 11 is 1.51. The lowest BCUT2D eigenvalue weighted by atomic mass is 10.6.